The average molecular weight is 206 g/mol. The van der Waals surface area contributed by atoms with E-state index in [1.165, 1.54) is 12.8 Å². The van der Waals surface area contributed by atoms with Crippen LogP contribution in [0.5, 0.6) is 0 Å². The van der Waals surface area contributed by atoms with Crippen LogP contribution in [0.1, 0.15) is 46.5 Å². The van der Waals surface area contributed by atoms with Crippen LogP contribution in [0.4, 0.5) is 0 Å². The third kappa shape index (κ3) is 10.1. The molecule has 0 aromatic rings. The van der Waals surface area contributed by atoms with Gasteiger partial charge in [-0.05, 0) is 18.8 Å². The van der Waals surface area contributed by atoms with Crippen molar-refractivity contribution < 1.29 is 9.09 Å². The Labute approximate surface area is 82.9 Å². The van der Waals surface area contributed by atoms with Crippen molar-refractivity contribution in [3.05, 3.63) is 0 Å². The molecule has 1 unspecified atom stereocenters. The third-order valence-corrected chi connectivity index (χ3v) is 3.23. The predicted octanol–water partition coefficient (Wildman–Crippen LogP) is 3.71. The molecule has 1 atom stereocenters. The molecule has 0 N–H and O–H groups in total. The van der Waals surface area contributed by atoms with Gasteiger partial charge in [-0.2, -0.15) is 0 Å². The second kappa shape index (κ2) is 8.77. The van der Waals surface area contributed by atoms with Gasteiger partial charge in [0.05, 0.1) is 6.61 Å². The first-order valence-electron chi connectivity index (χ1n) is 5.32. The number of rotatable bonds is 8. The van der Waals surface area contributed by atoms with E-state index in [2.05, 4.69) is 20.8 Å². The van der Waals surface area contributed by atoms with E-state index >= 15 is 0 Å². The van der Waals surface area contributed by atoms with Crippen molar-refractivity contribution in [3.8, 4) is 0 Å². The van der Waals surface area contributed by atoms with E-state index < -0.39 is 8.03 Å². The van der Waals surface area contributed by atoms with Gasteiger partial charge in [0.25, 0.3) is 0 Å². The van der Waals surface area contributed by atoms with E-state index in [-0.39, 0.29) is 0 Å². The Morgan fingerprint density at radius 2 is 2.00 bits per heavy atom. The standard InChI is InChI=1S/C10H23O2P/c1-4-5-6-9-13(11)12-8-7-10(2)3/h10,13H,4-9H2,1-3H3. The van der Waals surface area contributed by atoms with Crippen molar-refractivity contribution in [3.63, 3.8) is 0 Å². The topological polar surface area (TPSA) is 26.3 Å². The lowest BCUT2D eigenvalue weighted by Gasteiger charge is -2.05. The average Bonchev–Trinajstić information content (AvgIpc) is 2.04. The van der Waals surface area contributed by atoms with Crippen LogP contribution in [0.2, 0.25) is 0 Å². The van der Waals surface area contributed by atoms with Gasteiger partial charge in [-0.1, -0.05) is 33.6 Å². The van der Waals surface area contributed by atoms with E-state index in [1.807, 2.05) is 0 Å². The quantitative estimate of drug-likeness (QED) is 0.447. The number of hydrogen-bond donors (Lipinski definition) is 0. The van der Waals surface area contributed by atoms with Crippen molar-refractivity contribution in [2.75, 3.05) is 12.8 Å². The highest BCUT2D eigenvalue weighted by molar-refractivity contribution is 7.39. The SMILES string of the molecule is CCCCC[PH](=O)OCCC(C)C. The fourth-order valence-corrected chi connectivity index (χ4v) is 2.03. The maximum absolute atomic E-state index is 11.3. The van der Waals surface area contributed by atoms with Gasteiger partial charge in [-0.15, -0.1) is 0 Å². The van der Waals surface area contributed by atoms with E-state index in [9.17, 15) is 4.57 Å². The van der Waals surface area contributed by atoms with Crippen molar-refractivity contribution in [2.45, 2.75) is 46.5 Å². The molecule has 0 aromatic carbocycles. The van der Waals surface area contributed by atoms with E-state index in [0.717, 1.165) is 19.0 Å². The summed E-state index contributed by atoms with van der Waals surface area (Å²) in [4.78, 5) is 0. The highest BCUT2D eigenvalue weighted by atomic mass is 31.1. The highest BCUT2D eigenvalue weighted by Crippen LogP contribution is 2.24. The third-order valence-electron chi connectivity index (χ3n) is 1.94. The molecule has 0 bridgehead atoms. The normalized spacial score (nSPS) is 13.5. The Morgan fingerprint density at radius 3 is 2.54 bits per heavy atom. The molecule has 0 rings (SSSR count). The van der Waals surface area contributed by atoms with Crippen molar-refractivity contribution in [1.29, 1.82) is 0 Å². The molecule has 80 valence electrons. The molecule has 13 heavy (non-hydrogen) atoms. The Bertz CT molecular complexity index is 135. The van der Waals surface area contributed by atoms with Crippen LogP contribution in [0.15, 0.2) is 0 Å². The molecule has 0 heterocycles. The summed E-state index contributed by atoms with van der Waals surface area (Å²) >= 11 is 0. The highest BCUT2D eigenvalue weighted by Gasteiger charge is 2.00. The zero-order chi connectivity index (χ0) is 10.1. The fraction of sp³-hybridized carbons (Fsp3) is 1.00. The van der Waals surface area contributed by atoms with Gasteiger partial charge < -0.3 is 4.52 Å². The molecule has 3 heteroatoms. The van der Waals surface area contributed by atoms with E-state index in [1.54, 1.807) is 0 Å². The van der Waals surface area contributed by atoms with Crippen molar-refractivity contribution >= 4 is 8.03 Å². The van der Waals surface area contributed by atoms with Gasteiger partial charge >= 0.3 is 0 Å². The lowest BCUT2D eigenvalue weighted by Crippen LogP contribution is -1.94. The first-order valence-corrected chi connectivity index (χ1v) is 6.84. The zero-order valence-corrected chi connectivity index (χ0v) is 10.1. The molecule has 0 aliphatic carbocycles. The smallest absolute Gasteiger partial charge is 0.191 e. The number of hydrogen-bond acceptors (Lipinski definition) is 2. The molecule has 0 aliphatic heterocycles. The van der Waals surface area contributed by atoms with Crippen molar-refractivity contribution in [2.24, 2.45) is 5.92 Å². The second-order valence-electron chi connectivity index (χ2n) is 3.86. The molecule has 2 nitrogen and oxygen atoms in total. The van der Waals surface area contributed by atoms with Crippen LogP contribution in [0.25, 0.3) is 0 Å². The zero-order valence-electron chi connectivity index (χ0n) is 9.14. The second-order valence-corrected chi connectivity index (χ2v) is 5.39. The molecule has 0 amide bonds. The van der Waals surface area contributed by atoms with E-state index in [0.29, 0.717) is 12.5 Å². The Balaban J connectivity index is 3.20. The van der Waals surface area contributed by atoms with Gasteiger partial charge in [-0.25, -0.2) is 0 Å². The number of unbranched alkanes of at least 4 members (excludes halogenated alkanes) is 2. The van der Waals surface area contributed by atoms with E-state index in [4.69, 9.17) is 4.52 Å². The summed E-state index contributed by atoms with van der Waals surface area (Å²) in [6, 6.07) is 0. The Kier molecular flexibility index (Phi) is 8.90. The maximum Gasteiger partial charge on any atom is 0.191 e. The Morgan fingerprint density at radius 1 is 1.31 bits per heavy atom. The molecule has 0 fully saturated rings. The fourth-order valence-electron chi connectivity index (χ4n) is 1.000. The van der Waals surface area contributed by atoms with Crippen LogP contribution in [-0.2, 0) is 9.09 Å². The molecule has 0 aromatic heterocycles. The minimum Gasteiger partial charge on any atom is -0.330 e. The summed E-state index contributed by atoms with van der Waals surface area (Å²) in [5.74, 6) is 0.644. The molecule has 0 saturated heterocycles. The predicted molar refractivity (Wildman–Crippen MR) is 58.8 cm³/mol. The van der Waals surface area contributed by atoms with Gasteiger partial charge in [-0.3, -0.25) is 4.57 Å². The summed E-state index contributed by atoms with van der Waals surface area (Å²) in [5.41, 5.74) is 0. The molecule has 0 aliphatic rings. The van der Waals surface area contributed by atoms with Gasteiger partial charge in [0, 0.05) is 6.16 Å². The van der Waals surface area contributed by atoms with Gasteiger partial charge in [0.1, 0.15) is 0 Å². The summed E-state index contributed by atoms with van der Waals surface area (Å²) in [5, 5.41) is 0. The monoisotopic (exact) mass is 206 g/mol. The maximum atomic E-state index is 11.3. The molecular formula is C10H23O2P. The van der Waals surface area contributed by atoms with Gasteiger partial charge in [0.2, 0.25) is 0 Å². The van der Waals surface area contributed by atoms with Crippen molar-refractivity contribution in [1.82, 2.24) is 0 Å². The van der Waals surface area contributed by atoms with Crippen LogP contribution in [0.3, 0.4) is 0 Å². The first kappa shape index (κ1) is 13.2. The molecule has 0 radical (unpaired) electrons. The molecule has 0 saturated carbocycles. The summed E-state index contributed by atoms with van der Waals surface area (Å²) in [6.07, 6.45) is 5.20. The van der Waals surface area contributed by atoms with Crippen LogP contribution >= 0.6 is 8.03 Å². The minimum atomic E-state index is -1.71. The summed E-state index contributed by atoms with van der Waals surface area (Å²) < 4.78 is 16.5. The minimum absolute atomic E-state index is 0.644. The largest absolute Gasteiger partial charge is 0.330 e. The lowest BCUT2D eigenvalue weighted by atomic mass is 10.2. The van der Waals surface area contributed by atoms with Crippen LogP contribution in [0, 0.1) is 5.92 Å². The first-order chi connectivity index (χ1) is 6.16. The Hall–Kier alpha value is 0.190. The van der Waals surface area contributed by atoms with Crippen LogP contribution < -0.4 is 0 Å². The van der Waals surface area contributed by atoms with Crippen LogP contribution in [-0.4, -0.2) is 12.8 Å². The summed E-state index contributed by atoms with van der Waals surface area (Å²) in [6.45, 7) is 7.12. The lowest BCUT2D eigenvalue weighted by molar-refractivity contribution is 0.300. The van der Waals surface area contributed by atoms with Gasteiger partial charge in [0.15, 0.2) is 8.03 Å². The summed E-state index contributed by atoms with van der Waals surface area (Å²) in [7, 11) is -1.71. The molecule has 0 spiro atoms. The molecular weight excluding hydrogens is 183 g/mol.